The molecule has 7 heteroatoms. The number of alkyl halides is 3. The second kappa shape index (κ2) is 6.74. The highest BCUT2D eigenvalue weighted by Crippen LogP contribution is 2.38. The molecule has 0 radical (unpaired) electrons. The zero-order valence-corrected chi connectivity index (χ0v) is 12.9. The third-order valence-corrected chi connectivity index (χ3v) is 5.06. The number of carbonyl (C=O) groups is 1. The predicted octanol–water partition coefficient (Wildman–Crippen LogP) is 2.50. The Kier molecular flexibility index (Phi) is 5.37. The number of ether oxygens (including phenoxy) is 1. The van der Waals surface area contributed by atoms with Crippen molar-refractivity contribution < 1.29 is 27.8 Å². The second-order valence-corrected chi connectivity index (χ2v) is 6.49. The Bertz CT molecular complexity index is 384. The van der Waals surface area contributed by atoms with Crippen molar-refractivity contribution in [2.24, 2.45) is 5.92 Å². The maximum Gasteiger partial charge on any atom is 0.417 e. The third-order valence-electron chi connectivity index (χ3n) is 5.06. The molecule has 0 aromatic heterocycles. The van der Waals surface area contributed by atoms with Crippen LogP contribution >= 0.6 is 0 Å². The van der Waals surface area contributed by atoms with Crippen LogP contribution in [-0.4, -0.2) is 54.0 Å². The smallest absolute Gasteiger partial charge is 0.381 e. The van der Waals surface area contributed by atoms with Gasteiger partial charge in [-0.1, -0.05) is 0 Å². The lowest BCUT2D eigenvalue weighted by Gasteiger charge is -2.39. The fraction of sp³-hybridized carbons (Fsp3) is 0.933. The molecule has 0 aromatic carbocycles. The number of halogens is 3. The van der Waals surface area contributed by atoms with Gasteiger partial charge in [0.1, 0.15) is 0 Å². The van der Waals surface area contributed by atoms with E-state index in [0.717, 1.165) is 25.7 Å². The Morgan fingerprint density at radius 3 is 2.23 bits per heavy atom. The number of piperidine rings is 1. The van der Waals surface area contributed by atoms with Crippen molar-refractivity contribution in [2.45, 2.75) is 62.8 Å². The molecule has 4 nitrogen and oxygen atoms in total. The van der Waals surface area contributed by atoms with E-state index in [1.165, 1.54) is 4.90 Å². The normalized spacial score (nSPS) is 29.4. The van der Waals surface area contributed by atoms with Crippen molar-refractivity contribution in [1.29, 1.82) is 0 Å². The average Bonchev–Trinajstić information content (AvgIpc) is 2.47. The Balaban J connectivity index is 1.78. The predicted molar refractivity (Wildman–Crippen MR) is 74.2 cm³/mol. The van der Waals surface area contributed by atoms with Gasteiger partial charge in [0, 0.05) is 39.5 Å². The second-order valence-electron chi connectivity index (χ2n) is 6.49. The lowest BCUT2D eigenvalue weighted by Crippen LogP contribution is -2.54. The minimum absolute atomic E-state index is 0.0255. The Morgan fingerprint density at radius 1 is 1.23 bits per heavy atom. The molecule has 1 aliphatic heterocycles. The number of hydrogen-bond acceptors (Lipinski definition) is 3. The van der Waals surface area contributed by atoms with Gasteiger partial charge in [0.15, 0.2) is 5.60 Å². The van der Waals surface area contributed by atoms with Crippen molar-refractivity contribution in [3.63, 3.8) is 0 Å². The topological polar surface area (TPSA) is 49.8 Å². The summed E-state index contributed by atoms with van der Waals surface area (Å²) < 4.78 is 43.5. The van der Waals surface area contributed by atoms with Crippen LogP contribution in [0.2, 0.25) is 0 Å². The first-order chi connectivity index (χ1) is 10.2. The van der Waals surface area contributed by atoms with Crippen LogP contribution in [0.5, 0.6) is 0 Å². The number of rotatable bonds is 3. The van der Waals surface area contributed by atoms with Crippen LogP contribution in [0.4, 0.5) is 13.2 Å². The van der Waals surface area contributed by atoms with E-state index in [-0.39, 0.29) is 25.1 Å². The van der Waals surface area contributed by atoms with E-state index in [2.05, 4.69) is 0 Å². The maximum absolute atomic E-state index is 12.7. The van der Waals surface area contributed by atoms with Crippen molar-refractivity contribution in [3.05, 3.63) is 0 Å². The molecule has 0 unspecified atom stereocenters. The van der Waals surface area contributed by atoms with Gasteiger partial charge < -0.3 is 14.7 Å². The number of nitrogens with zero attached hydrogens (tertiary/aromatic N) is 1. The van der Waals surface area contributed by atoms with Gasteiger partial charge in [-0.05, 0) is 31.6 Å². The molecule has 0 atom stereocenters. The first kappa shape index (κ1) is 17.5. The summed E-state index contributed by atoms with van der Waals surface area (Å²) in [4.78, 5) is 13.7. The molecule has 1 aliphatic carbocycles. The summed E-state index contributed by atoms with van der Waals surface area (Å²) >= 11 is 0. The van der Waals surface area contributed by atoms with E-state index in [9.17, 15) is 23.1 Å². The van der Waals surface area contributed by atoms with Gasteiger partial charge in [0.2, 0.25) is 5.91 Å². The molecule has 1 heterocycles. The fourth-order valence-corrected chi connectivity index (χ4v) is 3.36. The highest BCUT2D eigenvalue weighted by Gasteiger charge is 2.54. The molecule has 0 spiro atoms. The lowest BCUT2D eigenvalue weighted by molar-refractivity contribution is -0.272. The van der Waals surface area contributed by atoms with Crippen molar-refractivity contribution >= 4 is 5.91 Å². The largest absolute Gasteiger partial charge is 0.417 e. The molecule has 2 fully saturated rings. The molecule has 1 saturated carbocycles. The maximum atomic E-state index is 12.7. The molecule has 1 saturated heterocycles. The monoisotopic (exact) mass is 323 g/mol. The van der Waals surface area contributed by atoms with Gasteiger partial charge in [-0.3, -0.25) is 4.79 Å². The molecule has 0 aromatic rings. The van der Waals surface area contributed by atoms with Gasteiger partial charge in [0.25, 0.3) is 0 Å². The van der Waals surface area contributed by atoms with E-state index in [0.29, 0.717) is 12.3 Å². The lowest BCUT2D eigenvalue weighted by atomic mass is 9.84. The number of hydrogen-bond donors (Lipinski definition) is 1. The van der Waals surface area contributed by atoms with Gasteiger partial charge in [0.05, 0.1) is 6.10 Å². The number of aliphatic hydroxyl groups is 1. The van der Waals surface area contributed by atoms with Crippen molar-refractivity contribution in [2.75, 3.05) is 20.2 Å². The van der Waals surface area contributed by atoms with Crippen LogP contribution in [-0.2, 0) is 9.53 Å². The standard InChI is InChI=1S/C15H24F3NO3/c1-22-12-4-2-11(3-5-12)10-13(20)19-8-6-14(21,7-9-19)15(16,17)18/h11-12,21H,2-10H2,1H3. The first-order valence-corrected chi connectivity index (χ1v) is 7.85. The summed E-state index contributed by atoms with van der Waals surface area (Å²) in [5, 5.41) is 9.61. The van der Waals surface area contributed by atoms with E-state index < -0.39 is 24.6 Å². The van der Waals surface area contributed by atoms with E-state index >= 15 is 0 Å². The molecular weight excluding hydrogens is 299 g/mol. The summed E-state index contributed by atoms with van der Waals surface area (Å²) in [6, 6.07) is 0. The van der Waals surface area contributed by atoms with Gasteiger partial charge in [-0.15, -0.1) is 0 Å². The molecule has 1 N–H and O–H groups in total. The van der Waals surface area contributed by atoms with E-state index in [1.54, 1.807) is 7.11 Å². The third kappa shape index (κ3) is 3.93. The van der Waals surface area contributed by atoms with Crippen LogP contribution in [0, 0.1) is 5.92 Å². The average molecular weight is 323 g/mol. The molecule has 2 aliphatic rings. The summed E-state index contributed by atoms with van der Waals surface area (Å²) in [5.74, 6) is 0.201. The number of likely N-dealkylation sites (tertiary alicyclic amines) is 1. The zero-order chi connectivity index (χ0) is 16.4. The van der Waals surface area contributed by atoms with Gasteiger partial charge >= 0.3 is 6.18 Å². The van der Waals surface area contributed by atoms with Crippen LogP contribution in [0.25, 0.3) is 0 Å². The summed E-state index contributed by atoms with van der Waals surface area (Å²) in [7, 11) is 1.69. The molecule has 2 rings (SSSR count). The molecule has 128 valence electrons. The Morgan fingerprint density at radius 2 is 1.77 bits per heavy atom. The van der Waals surface area contributed by atoms with E-state index in [4.69, 9.17) is 4.74 Å². The minimum Gasteiger partial charge on any atom is -0.381 e. The number of carbonyl (C=O) groups excluding carboxylic acids is 1. The summed E-state index contributed by atoms with van der Waals surface area (Å²) in [6.07, 6.45) is -1.12. The molecule has 0 bridgehead atoms. The zero-order valence-electron chi connectivity index (χ0n) is 12.9. The molecule has 1 amide bonds. The molecular formula is C15H24F3NO3. The summed E-state index contributed by atoms with van der Waals surface area (Å²) in [5.41, 5.74) is -2.64. The highest BCUT2D eigenvalue weighted by molar-refractivity contribution is 5.76. The fourth-order valence-electron chi connectivity index (χ4n) is 3.36. The first-order valence-electron chi connectivity index (χ1n) is 7.85. The number of methoxy groups -OCH3 is 1. The SMILES string of the molecule is COC1CCC(CC(=O)N2CCC(O)(C(F)(F)F)CC2)CC1. The van der Waals surface area contributed by atoms with Crippen LogP contribution < -0.4 is 0 Å². The highest BCUT2D eigenvalue weighted by atomic mass is 19.4. The van der Waals surface area contributed by atoms with Crippen molar-refractivity contribution in [1.82, 2.24) is 4.90 Å². The van der Waals surface area contributed by atoms with E-state index in [1.807, 2.05) is 0 Å². The molecule has 22 heavy (non-hydrogen) atoms. The summed E-state index contributed by atoms with van der Waals surface area (Å²) in [6.45, 7) is -0.0511. The van der Waals surface area contributed by atoms with Crippen LogP contribution in [0.3, 0.4) is 0 Å². The van der Waals surface area contributed by atoms with Crippen LogP contribution in [0.15, 0.2) is 0 Å². The number of amides is 1. The Hall–Kier alpha value is -0.820. The quantitative estimate of drug-likeness (QED) is 0.868. The van der Waals surface area contributed by atoms with Crippen LogP contribution in [0.1, 0.15) is 44.9 Å². The van der Waals surface area contributed by atoms with Crippen molar-refractivity contribution in [3.8, 4) is 0 Å². The Labute approximate surface area is 128 Å². The van der Waals surface area contributed by atoms with Gasteiger partial charge in [-0.25, -0.2) is 0 Å². The minimum atomic E-state index is -4.62. The van der Waals surface area contributed by atoms with Gasteiger partial charge in [-0.2, -0.15) is 13.2 Å².